The van der Waals surface area contributed by atoms with Gasteiger partial charge in [0, 0.05) is 95.4 Å². The molecule has 11 N–H and O–H groups in total. The van der Waals surface area contributed by atoms with Gasteiger partial charge in [0.15, 0.2) is 0 Å². The molecule has 1 saturated heterocycles. The Balaban J connectivity index is 1.14. The molecule has 13 unspecified atom stereocenters. The molecular formula is C80H126N12O15. The second kappa shape index (κ2) is 45.8. The number of carbonyl (C=O) groups excluding carboxylic acids is 8. The zero-order valence-electron chi connectivity index (χ0n) is 65.8. The Morgan fingerprint density at radius 1 is 0.692 bits per heavy atom. The fraction of sp³-hybridized carbons (Fsp3) is 0.637. The highest BCUT2D eigenvalue weighted by atomic mass is 16.6. The zero-order chi connectivity index (χ0) is 79.0. The smallest absolute Gasteiger partial charge is 0.414 e. The molecule has 27 nitrogen and oxygen atoms in total. The lowest BCUT2D eigenvalue weighted by Gasteiger charge is -2.43. The number of aliphatic carboxylic acids is 1. The van der Waals surface area contributed by atoms with Crippen molar-refractivity contribution in [3.8, 4) is 0 Å². The van der Waals surface area contributed by atoms with E-state index in [1.807, 2.05) is 94.4 Å². The highest BCUT2D eigenvalue weighted by Gasteiger charge is 2.42. The van der Waals surface area contributed by atoms with Gasteiger partial charge in [0.05, 0.1) is 24.3 Å². The van der Waals surface area contributed by atoms with E-state index in [-0.39, 0.29) is 105 Å². The number of primary amides is 1. The summed E-state index contributed by atoms with van der Waals surface area (Å²) in [6.45, 7) is 20.4. The molecule has 2 aliphatic rings. The van der Waals surface area contributed by atoms with Gasteiger partial charge in [-0.25, -0.2) is 9.59 Å². The van der Waals surface area contributed by atoms with E-state index in [2.05, 4.69) is 69.4 Å². The number of methoxy groups -OCH3 is 2. The fourth-order valence-corrected chi connectivity index (χ4v) is 14.4. The number of likely N-dealkylation sites (tertiary alicyclic amines) is 1. The maximum atomic E-state index is 14.8. The minimum atomic E-state index is -1.15. The summed E-state index contributed by atoms with van der Waals surface area (Å²) in [4.78, 5) is 125. The third-order valence-corrected chi connectivity index (χ3v) is 20.9. The van der Waals surface area contributed by atoms with Gasteiger partial charge >= 0.3 is 18.1 Å². The Morgan fingerprint density at radius 2 is 1.36 bits per heavy atom. The summed E-state index contributed by atoms with van der Waals surface area (Å²) in [5, 5.41) is 51.4. The van der Waals surface area contributed by atoms with Gasteiger partial charge < -0.3 is 61.8 Å². The van der Waals surface area contributed by atoms with Crippen molar-refractivity contribution in [3.63, 3.8) is 0 Å². The van der Waals surface area contributed by atoms with E-state index in [1.54, 1.807) is 59.4 Å². The number of imide groups is 1. The molecule has 0 radical (unpaired) electrons. The van der Waals surface area contributed by atoms with Crippen molar-refractivity contribution in [2.45, 2.75) is 232 Å². The third kappa shape index (κ3) is 28.9. The van der Waals surface area contributed by atoms with E-state index < -0.39 is 84.6 Å². The molecule has 0 spiro atoms. The Labute approximate surface area is 634 Å². The van der Waals surface area contributed by atoms with Crippen molar-refractivity contribution in [2.75, 3.05) is 78.3 Å². The summed E-state index contributed by atoms with van der Waals surface area (Å²) in [5.41, 5.74) is 8.71. The summed E-state index contributed by atoms with van der Waals surface area (Å²) in [5.74, 6) is -3.79. The van der Waals surface area contributed by atoms with Gasteiger partial charge in [0.2, 0.25) is 23.6 Å². The first-order chi connectivity index (χ1) is 50.9. The molecule has 596 valence electrons. The van der Waals surface area contributed by atoms with Gasteiger partial charge in [-0.1, -0.05) is 143 Å². The van der Waals surface area contributed by atoms with Crippen LogP contribution >= 0.6 is 0 Å². The number of urea groups is 1. The molecule has 27 heteroatoms. The van der Waals surface area contributed by atoms with Crippen LogP contribution in [0, 0.1) is 29.6 Å². The molecule has 3 aromatic carbocycles. The summed E-state index contributed by atoms with van der Waals surface area (Å²) < 4.78 is 18.2. The maximum Gasteiger partial charge on any atom is 0.414 e. The Hall–Kier alpha value is -7.89. The van der Waals surface area contributed by atoms with Crippen molar-refractivity contribution in [1.29, 1.82) is 0 Å². The van der Waals surface area contributed by atoms with Gasteiger partial charge in [0.25, 0.3) is 11.8 Å². The second-order valence-corrected chi connectivity index (χ2v) is 30.1. The van der Waals surface area contributed by atoms with Gasteiger partial charge in [-0.3, -0.25) is 63.4 Å². The fourth-order valence-electron chi connectivity index (χ4n) is 14.4. The van der Waals surface area contributed by atoms with Crippen LogP contribution in [0.3, 0.4) is 0 Å². The Kier molecular flexibility index (Phi) is 38.4. The van der Waals surface area contributed by atoms with Crippen LogP contribution in [0.5, 0.6) is 0 Å². The van der Waals surface area contributed by atoms with Gasteiger partial charge in [0.1, 0.15) is 37.2 Å². The predicted octanol–water partition coefficient (Wildman–Crippen LogP) is 7.56. The largest absolute Gasteiger partial charge is 0.480 e. The first kappa shape index (κ1) is 89.7. The van der Waals surface area contributed by atoms with E-state index in [0.717, 1.165) is 54.7 Å². The number of carboxylic acids is 1. The van der Waals surface area contributed by atoms with Gasteiger partial charge in [-0.05, 0) is 149 Å². The van der Waals surface area contributed by atoms with E-state index in [4.69, 9.17) is 19.9 Å². The molecule has 0 bridgehead atoms. The summed E-state index contributed by atoms with van der Waals surface area (Å²) >= 11 is 0. The van der Waals surface area contributed by atoms with Crippen molar-refractivity contribution >= 4 is 64.9 Å². The SMILES string of the molecule is CCC(C)C(C(CCN1CCCC1C(OC)C(C)C(O)NC(Cc1ccccc1)C(=O)O)OC)N(C)C(O)C(CCCC(C)C)NC(=O)C(C(C)C)N(C)CCc1ccc(N(C)C(=O)OCc2ccc(NC(=O)C(CCCNC(N)=O)NC(=O)C(NC(=O)CCCCCN3C(=O)C=CC3=O)C(C)C)cc2)cc1. The molecule has 1 fully saturated rings. The number of unbranched alkanes of at least 4 members (excludes halogenated alkanes) is 2. The number of hydrogen-bond acceptors (Lipinski definition) is 18. The van der Waals surface area contributed by atoms with E-state index >= 15 is 0 Å². The lowest BCUT2D eigenvalue weighted by atomic mass is 9.89. The van der Waals surface area contributed by atoms with E-state index in [1.165, 1.54) is 17.1 Å². The van der Waals surface area contributed by atoms with Crippen LogP contribution in [0.15, 0.2) is 91.0 Å². The van der Waals surface area contributed by atoms with E-state index in [0.29, 0.717) is 74.5 Å². The number of nitrogens with one attached hydrogen (secondary N) is 6. The monoisotopic (exact) mass is 1490 g/mol. The number of aliphatic hydroxyl groups excluding tert-OH is 2. The number of anilines is 2. The standard InChI is InChI=1S/C80H126N12O15/c1-15-54(8)71(65(105-13)43-48-91-45-24-30-64(91)72(106-14)55(9)73(96)86-63(78(101)102)49-57-26-18-16-19-27-57)90(12)77(100)62(28-22-25-51(2)3)85-76(99)70(53(6)7)88(10)47-42-56-34-38-60(39-35-56)89(11)80(104)107-50-58-32-36-59(37-33-58)83-74(97)61(29-23-44-82-79(81)103)84-75(98)69(52(4)5)87-66(93)31-20-17-21-46-92-67(94)40-41-68(92)95/h16,18-19,26-27,32-41,51-55,61-65,69-73,77,86,96,100H,15,17,20-25,28-31,42-50H2,1-14H3,(H,83,97)(H,84,98)(H,85,99)(H,87,93)(H,101,102)(H3,81,82,103). The first-order valence-corrected chi connectivity index (χ1v) is 38.4. The van der Waals surface area contributed by atoms with Crippen molar-refractivity contribution in [2.24, 2.45) is 35.3 Å². The number of likely N-dealkylation sites (N-methyl/N-ethyl adjacent to an activating group) is 2. The molecule has 0 aliphatic carbocycles. The topological polar surface area (TPSA) is 356 Å². The zero-order valence-corrected chi connectivity index (χ0v) is 65.8. The number of nitrogens with two attached hydrogens (primary N) is 1. The number of rotatable bonds is 49. The third-order valence-electron chi connectivity index (χ3n) is 20.9. The average molecular weight is 1500 g/mol. The molecular weight excluding hydrogens is 1370 g/mol. The molecule has 0 saturated carbocycles. The molecule has 2 aliphatic heterocycles. The Bertz CT molecular complexity index is 3270. The molecule has 5 rings (SSSR count). The Morgan fingerprint density at radius 3 is 1.95 bits per heavy atom. The van der Waals surface area contributed by atoms with Crippen LogP contribution in [0.4, 0.5) is 21.0 Å². The molecule has 3 aromatic rings. The van der Waals surface area contributed by atoms with Crippen LogP contribution in [0.25, 0.3) is 0 Å². The van der Waals surface area contributed by atoms with Crippen LogP contribution in [-0.4, -0.2) is 223 Å². The average Bonchev–Trinajstić information content (AvgIpc) is 1.80. The number of carbonyl (C=O) groups is 9. The van der Waals surface area contributed by atoms with Crippen LogP contribution < -0.4 is 42.5 Å². The quantitative estimate of drug-likeness (QED) is 0.0148. The first-order valence-electron chi connectivity index (χ1n) is 38.4. The number of amides is 9. The number of carboxylic acid groups (broad SMARTS) is 1. The van der Waals surface area contributed by atoms with E-state index in [9.17, 15) is 58.5 Å². The molecule has 13 atom stereocenters. The molecule has 107 heavy (non-hydrogen) atoms. The summed E-state index contributed by atoms with van der Waals surface area (Å²) in [6, 6.07) is 18.4. The van der Waals surface area contributed by atoms with Gasteiger partial charge in [-0.2, -0.15) is 0 Å². The van der Waals surface area contributed by atoms with Crippen molar-refractivity contribution in [1.82, 2.24) is 46.2 Å². The van der Waals surface area contributed by atoms with Crippen molar-refractivity contribution in [3.05, 3.63) is 108 Å². The highest BCUT2D eigenvalue weighted by molar-refractivity contribution is 6.12. The van der Waals surface area contributed by atoms with Crippen molar-refractivity contribution < 1.29 is 72.7 Å². The maximum absolute atomic E-state index is 14.8. The lowest BCUT2D eigenvalue weighted by molar-refractivity contribution is -0.142. The number of hydrogen-bond donors (Lipinski definition) is 10. The summed E-state index contributed by atoms with van der Waals surface area (Å²) in [6.07, 6.45) is 7.32. The number of ether oxygens (including phenoxy) is 3. The van der Waals surface area contributed by atoms with Gasteiger partial charge in [-0.15, -0.1) is 0 Å². The highest BCUT2D eigenvalue weighted by Crippen LogP contribution is 2.31. The molecule has 0 aromatic heterocycles. The second-order valence-electron chi connectivity index (χ2n) is 30.1. The van der Waals surface area contributed by atoms with Crippen LogP contribution in [0.2, 0.25) is 0 Å². The van der Waals surface area contributed by atoms with Crippen LogP contribution in [0.1, 0.15) is 162 Å². The molecule has 9 amide bonds. The number of aliphatic hydroxyl groups is 2. The minimum Gasteiger partial charge on any atom is -0.480 e. The lowest BCUT2D eigenvalue weighted by Crippen LogP contribution is -2.60. The minimum absolute atomic E-state index is 0.0423. The van der Waals surface area contributed by atoms with Crippen LogP contribution in [-0.2, 0) is 67.2 Å². The predicted molar refractivity (Wildman–Crippen MR) is 413 cm³/mol. The number of nitrogens with zero attached hydrogens (tertiary/aromatic N) is 5. The normalized spacial score (nSPS) is 17.4. The molecule has 2 heterocycles. The summed E-state index contributed by atoms with van der Waals surface area (Å²) in [7, 11) is 8.83. The number of benzene rings is 3.